The van der Waals surface area contributed by atoms with Crippen LogP contribution >= 0.6 is 23.2 Å². The van der Waals surface area contributed by atoms with Gasteiger partial charge in [0.15, 0.2) is 0 Å². The van der Waals surface area contributed by atoms with Gasteiger partial charge in [-0.25, -0.2) is 9.78 Å². The first-order chi connectivity index (χ1) is 15.9. The second-order valence-electron chi connectivity index (χ2n) is 6.46. The molecule has 0 fully saturated rings. The van der Waals surface area contributed by atoms with Crippen molar-refractivity contribution >= 4 is 46.5 Å². The molecule has 0 saturated heterocycles. The highest BCUT2D eigenvalue weighted by molar-refractivity contribution is 6.32. The summed E-state index contributed by atoms with van der Waals surface area (Å²) in [6.45, 7) is 0. The van der Waals surface area contributed by atoms with E-state index in [0.29, 0.717) is 6.20 Å². The first-order valence-electron chi connectivity index (χ1n) is 9.01. The van der Waals surface area contributed by atoms with Gasteiger partial charge in [0.05, 0.1) is 15.5 Å². The number of nitro benzene ring substituents is 1. The van der Waals surface area contributed by atoms with Crippen LogP contribution in [0.2, 0.25) is 10.0 Å². The van der Waals surface area contributed by atoms with Crippen molar-refractivity contribution in [1.29, 1.82) is 0 Å². The van der Waals surface area contributed by atoms with Crippen molar-refractivity contribution in [2.45, 2.75) is 6.18 Å². The van der Waals surface area contributed by atoms with Crippen LogP contribution in [-0.4, -0.2) is 21.8 Å². The number of carbonyl (C=O) groups excluding carboxylic acids is 2. The Kier molecular flexibility index (Phi) is 7.23. The number of benzene rings is 2. The Balaban J connectivity index is 1.66. The van der Waals surface area contributed by atoms with E-state index in [2.05, 4.69) is 10.3 Å². The van der Waals surface area contributed by atoms with Crippen molar-refractivity contribution in [3.8, 4) is 11.6 Å². The number of urea groups is 1. The van der Waals surface area contributed by atoms with Crippen molar-refractivity contribution in [3.05, 3.63) is 86.0 Å². The predicted molar refractivity (Wildman–Crippen MR) is 115 cm³/mol. The normalized spacial score (nSPS) is 11.0. The SMILES string of the molecule is O=C(NC(=O)c1cc(Cl)ccc1[N+](=O)[O-])Nc1ccc(Oc2ccc(C(F)(F)F)cn2)c(Cl)c1. The standard InChI is InChI=1S/C20H11Cl2F3N4O5/c21-11-2-4-15(29(32)33)13(7-11)18(30)28-19(31)27-12-3-5-16(14(22)8-12)34-17-6-1-10(9-26-17)20(23,24)25/h1-9H,(H2,27,28,30,31). The number of hydrogen-bond acceptors (Lipinski definition) is 6. The lowest BCUT2D eigenvalue weighted by Crippen LogP contribution is -2.34. The van der Waals surface area contributed by atoms with Crippen molar-refractivity contribution in [3.63, 3.8) is 0 Å². The number of rotatable bonds is 5. The molecule has 0 spiro atoms. The van der Waals surface area contributed by atoms with Gasteiger partial charge in [0, 0.05) is 29.0 Å². The van der Waals surface area contributed by atoms with Gasteiger partial charge in [-0.05, 0) is 36.4 Å². The van der Waals surface area contributed by atoms with Crippen molar-refractivity contribution in [1.82, 2.24) is 10.3 Å². The number of pyridine rings is 1. The van der Waals surface area contributed by atoms with Crippen LogP contribution in [0.1, 0.15) is 15.9 Å². The molecule has 0 saturated carbocycles. The van der Waals surface area contributed by atoms with E-state index in [4.69, 9.17) is 27.9 Å². The third kappa shape index (κ3) is 6.11. The zero-order valence-corrected chi connectivity index (χ0v) is 18.0. The molecular weight excluding hydrogens is 504 g/mol. The number of hydrogen-bond donors (Lipinski definition) is 2. The lowest BCUT2D eigenvalue weighted by atomic mass is 10.1. The molecule has 1 aromatic heterocycles. The van der Waals surface area contributed by atoms with E-state index in [1.165, 1.54) is 24.3 Å². The molecule has 0 unspecified atom stereocenters. The Bertz CT molecular complexity index is 1270. The van der Waals surface area contributed by atoms with Gasteiger partial charge in [0.1, 0.15) is 11.3 Å². The summed E-state index contributed by atoms with van der Waals surface area (Å²) in [5, 5.41) is 15.3. The molecule has 3 amide bonds. The van der Waals surface area contributed by atoms with Gasteiger partial charge in [-0.1, -0.05) is 23.2 Å². The van der Waals surface area contributed by atoms with Crippen LogP contribution in [0.3, 0.4) is 0 Å². The number of imide groups is 1. The smallest absolute Gasteiger partial charge is 0.417 e. The third-order valence-corrected chi connectivity index (χ3v) is 4.63. The summed E-state index contributed by atoms with van der Waals surface area (Å²) < 4.78 is 43.2. The number of nitro groups is 1. The number of anilines is 1. The highest BCUT2D eigenvalue weighted by atomic mass is 35.5. The average molecular weight is 515 g/mol. The van der Waals surface area contributed by atoms with Crippen LogP contribution in [0.5, 0.6) is 11.6 Å². The van der Waals surface area contributed by atoms with E-state index in [0.717, 1.165) is 24.3 Å². The van der Waals surface area contributed by atoms with Crippen LogP contribution in [0.4, 0.5) is 29.3 Å². The van der Waals surface area contributed by atoms with E-state index in [-0.39, 0.29) is 27.4 Å². The third-order valence-electron chi connectivity index (χ3n) is 4.09. The average Bonchev–Trinajstić information content (AvgIpc) is 2.75. The van der Waals surface area contributed by atoms with Crippen LogP contribution in [0, 0.1) is 10.1 Å². The van der Waals surface area contributed by atoms with Crippen LogP contribution < -0.4 is 15.4 Å². The van der Waals surface area contributed by atoms with Gasteiger partial charge in [0.25, 0.3) is 11.6 Å². The van der Waals surface area contributed by atoms with E-state index in [9.17, 15) is 32.9 Å². The minimum atomic E-state index is -4.55. The van der Waals surface area contributed by atoms with Gasteiger partial charge in [0.2, 0.25) is 5.88 Å². The molecule has 0 aliphatic rings. The number of nitrogens with zero attached hydrogens (tertiary/aromatic N) is 2. The largest absolute Gasteiger partial charge is 0.437 e. The first kappa shape index (κ1) is 24.7. The van der Waals surface area contributed by atoms with Gasteiger partial charge < -0.3 is 10.1 Å². The number of ether oxygens (including phenoxy) is 1. The van der Waals surface area contributed by atoms with Crippen LogP contribution in [-0.2, 0) is 6.18 Å². The van der Waals surface area contributed by atoms with Crippen molar-refractivity contribution in [2.24, 2.45) is 0 Å². The number of alkyl halides is 3. The molecule has 1 heterocycles. The van der Waals surface area contributed by atoms with Crippen LogP contribution in [0.15, 0.2) is 54.7 Å². The molecule has 0 radical (unpaired) electrons. The zero-order chi connectivity index (χ0) is 25.0. The van der Waals surface area contributed by atoms with Crippen LogP contribution in [0.25, 0.3) is 0 Å². The summed E-state index contributed by atoms with van der Waals surface area (Å²) in [5.41, 5.74) is -1.80. The highest BCUT2D eigenvalue weighted by Gasteiger charge is 2.30. The summed E-state index contributed by atoms with van der Waals surface area (Å²) in [6.07, 6.45) is -3.94. The molecule has 34 heavy (non-hydrogen) atoms. The molecule has 0 bridgehead atoms. The molecule has 176 valence electrons. The molecule has 0 atom stereocenters. The number of carbonyl (C=O) groups is 2. The van der Waals surface area contributed by atoms with E-state index >= 15 is 0 Å². The fourth-order valence-corrected chi connectivity index (χ4v) is 2.96. The Morgan fingerprint density at radius 2 is 1.79 bits per heavy atom. The minimum absolute atomic E-state index is 0.0312. The van der Waals surface area contributed by atoms with Crippen molar-refractivity contribution < 1.29 is 32.4 Å². The Morgan fingerprint density at radius 1 is 1.06 bits per heavy atom. The highest BCUT2D eigenvalue weighted by Crippen LogP contribution is 2.33. The topological polar surface area (TPSA) is 123 Å². The zero-order valence-electron chi connectivity index (χ0n) is 16.5. The fraction of sp³-hybridized carbons (Fsp3) is 0.0500. The summed E-state index contributed by atoms with van der Waals surface area (Å²) in [6, 6.07) is 7.96. The van der Waals surface area contributed by atoms with Gasteiger partial charge in [-0.2, -0.15) is 13.2 Å². The van der Waals surface area contributed by atoms with Crippen molar-refractivity contribution in [2.75, 3.05) is 5.32 Å². The number of amides is 3. The van der Waals surface area contributed by atoms with E-state index in [1.807, 2.05) is 5.32 Å². The Hall–Kier alpha value is -3.90. The van der Waals surface area contributed by atoms with E-state index < -0.39 is 39.9 Å². The Morgan fingerprint density at radius 3 is 2.38 bits per heavy atom. The summed E-state index contributed by atoms with van der Waals surface area (Å²) >= 11 is 11.8. The molecule has 3 rings (SSSR count). The number of halogens is 5. The predicted octanol–water partition coefficient (Wildman–Crippen LogP) is 6.07. The van der Waals surface area contributed by atoms with Gasteiger partial charge in [-0.15, -0.1) is 0 Å². The lowest BCUT2D eigenvalue weighted by Gasteiger charge is -2.11. The second-order valence-corrected chi connectivity index (χ2v) is 7.30. The fourth-order valence-electron chi connectivity index (χ4n) is 2.56. The molecular formula is C20H11Cl2F3N4O5. The summed E-state index contributed by atoms with van der Waals surface area (Å²) in [5.74, 6) is -1.18. The molecule has 2 aromatic carbocycles. The van der Waals surface area contributed by atoms with Gasteiger partial charge in [-0.3, -0.25) is 20.2 Å². The lowest BCUT2D eigenvalue weighted by molar-refractivity contribution is -0.385. The number of nitrogens with one attached hydrogen (secondary N) is 2. The summed E-state index contributed by atoms with van der Waals surface area (Å²) in [7, 11) is 0. The molecule has 0 aliphatic carbocycles. The maximum absolute atomic E-state index is 12.6. The Labute approximate surface area is 198 Å². The quantitative estimate of drug-likeness (QED) is 0.314. The first-order valence-corrected chi connectivity index (χ1v) is 9.76. The second kappa shape index (κ2) is 9.93. The van der Waals surface area contributed by atoms with E-state index in [1.54, 1.807) is 0 Å². The molecule has 9 nitrogen and oxygen atoms in total. The molecule has 2 N–H and O–H groups in total. The summed E-state index contributed by atoms with van der Waals surface area (Å²) in [4.78, 5) is 38.3. The number of aromatic nitrogens is 1. The van der Waals surface area contributed by atoms with Gasteiger partial charge >= 0.3 is 12.2 Å². The molecule has 0 aliphatic heterocycles. The molecule has 14 heteroatoms. The maximum Gasteiger partial charge on any atom is 0.417 e. The molecule has 3 aromatic rings. The monoisotopic (exact) mass is 514 g/mol. The maximum atomic E-state index is 12.6. The minimum Gasteiger partial charge on any atom is -0.437 e.